The Kier molecular flexibility index (Phi) is 3.94. The number of aryl methyl sites for hydroxylation is 2. The Morgan fingerprint density at radius 1 is 1.10 bits per heavy atom. The number of nitrogens with zero attached hydrogens (tertiary/aromatic N) is 4. The molecule has 3 heterocycles. The van der Waals surface area contributed by atoms with Crippen LogP contribution in [0.2, 0.25) is 5.02 Å². The predicted molar refractivity (Wildman–Crippen MR) is 113 cm³/mol. The van der Waals surface area contributed by atoms with Crippen molar-refractivity contribution in [2.24, 2.45) is 7.05 Å². The number of benzene rings is 2. The van der Waals surface area contributed by atoms with E-state index in [1.54, 1.807) is 41.9 Å². The number of halogens is 2. The second-order valence-corrected chi connectivity index (χ2v) is 7.50. The van der Waals surface area contributed by atoms with E-state index >= 15 is 0 Å². The highest BCUT2D eigenvalue weighted by Crippen LogP contribution is 2.31. The summed E-state index contributed by atoms with van der Waals surface area (Å²) in [5, 5.41) is 0.536. The summed E-state index contributed by atoms with van der Waals surface area (Å²) in [5.41, 5.74) is 2.54. The summed E-state index contributed by atoms with van der Waals surface area (Å²) in [6, 6.07) is 11.5. The van der Waals surface area contributed by atoms with E-state index in [9.17, 15) is 14.0 Å². The van der Waals surface area contributed by atoms with Crippen LogP contribution in [-0.4, -0.2) is 23.5 Å². The lowest BCUT2D eigenvalue weighted by molar-refractivity contribution is 0.628. The van der Waals surface area contributed by atoms with Crippen molar-refractivity contribution in [2.45, 2.75) is 6.92 Å². The van der Waals surface area contributed by atoms with E-state index in [1.807, 2.05) is 17.6 Å². The van der Waals surface area contributed by atoms with Crippen LogP contribution >= 0.6 is 11.6 Å². The molecule has 0 spiro atoms. The Hall–Kier alpha value is -3.65. The molecule has 5 rings (SSSR count). The van der Waals surface area contributed by atoms with Gasteiger partial charge in [-0.25, -0.2) is 9.18 Å². The molecule has 0 bridgehead atoms. The van der Waals surface area contributed by atoms with Gasteiger partial charge in [-0.05, 0) is 48.9 Å². The van der Waals surface area contributed by atoms with Gasteiger partial charge in [-0.3, -0.25) is 23.3 Å². The molecule has 7 nitrogen and oxygen atoms in total. The lowest BCUT2D eigenvalue weighted by atomic mass is 10.1. The zero-order chi connectivity index (χ0) is 21.2. The first-order valence-electron chi connectivity index (χ1n) is 9.10. The molecule has 0 saturated carbocycles. The normalized spacial score (nSPS) is 11.6. The van der Waals surface area contributed by atoms with Crippen LogP contribution in [0.5, 0.6) is 0 Å². The number of aromatic amines is 1. The Balaban J connectivity index is 1.98. The molecule has 2 aromatic carbocycles. The van der Waals surface area contributed by atoms with E-state index < -0.39 is 11.2 Å². The van der Waals surface area contributed by atoms with Gasteiger partial charge in [0.15, 0.2) is 11.2 Å². The molecular formula is C21H15ClFN5O2. The maximum Gasteiger partial charge on any atom is 0.329 e. The predicted octanol–water partition coefficient (Wildman–Crippen LogP) is 3.43. The summed E-state index contributed by atoms with van der Waals surface area (Å²) in [6.45, 7) is 1.93. The van der Waals surface area contributed by atoms with E-state index in [0.717, 1.165) is 16.8 Å². The lowest BCUT2D eigenvalue weighted by Crippen LogP contribution is -2.28. The molecule has 0 radical (unpaired) electrons. The number of fused-ring (bicyclic) bond motifs is 3. The lowest BCUT2D eigenvalue weighted by Gasteiger charge is -2.12. The molecule has 0 amide bonds. The fourth-order valence-corrected chi connectivity index (χ4v) is 3.81. The topological polar surface area (TPSA) is 77.1 Å². The van der Waals surface area contributed by atoms with Gasteiger partial charge in [0.2, 0.25) is 5.78 Å². The fourth-order valence-electron chi connectivity index (χ4n) is 3.64. The van der Waals surface area contributed by atoms with E-state index in [2.05, 4.69) is 9.97 Å². The highest BCUT2D eigenvalue weighted by molar-refractivity contribution is 6.30. The first-order chi connectivity index (χ1) is 14.3. The average Bonchev–Trinajstić information content (AvgIpc) is 3.25. The van der Waals surface area contributed by atoms with Gasteiger partial charge >= 0.3 is 5.69 Å². The molecule has 3 aromatic heterocycles. The Morgan fingerprint density at radius 2 is 1.83 bits per heavy atom. The summed E-state index contributed by atoms with van der Waals surface area (Å²) in [6.07, 6.45) is 1.75. The van der Waals surface area contributed by atoms with Crippen molar-refractivity contribution < 1.29 is 4.39 Å². The number of rotatable bonds is 2. The Labute approximate surface area is 173 Å². The van der Waals surface area contributed by atoms with Crippen LogP contribution < -0.4 is 11.2 Å². The average molecular weight is 424 g/mol. The number of hydrogen-bond donors (Lipinski definition) is 1. The standard InChI is InChI=1S/C21H15ClFN5O2/c1-11-3-6-13(22)9-15(11)28-16(12-4-7-14(23)8-5-12)10-27-17-18(24-20(27)28)26(2)21(30)25-19(17)29/h3-10H,1-2H3,(H,25,29,30). The van der Waals surface area contributed by atoms with Crippen molar-refractivity contribution in [1.29, 1.82) is 0 Å². The van der Waals surface area contributed by atoms with Crippen molar-refractivity contribution >= 4 is 28.5 Å². The summed E-state index contributed by atoms with van der Waals surface area (Å²) in [5.74, 6) is 0.0823. The number of nitrogens with one attached hydrogen (secondary N) is 1. The number of hydrogen-bond acceptors (Lipinski definition) is 3. The van der Waals surface area contributed by atoms with Gasteiger partial charge in [-0.2, -0.15) is 4.98 Å². The van der Waals surface area contributed by atoms with Crippen LogP contribution in [0, 0.1) is 12.7 Å². The van der Waals surface area contributed by atoms with Gasteiger partial charge in [0.05, 0.1) is 11.4 Å². The largest absolute Gasteiger partial charge is 0.329 e. The zero-order valence-electron chi connectivity index (χ0n) is 16.0. The highest BCUT2D eigenvalue weighted by Gasteiger charge is 2.21. The van der Waals surface area contributed by atoms with Gasteiger partial charge in [-0.1, -0.05) is 17.7 Å². The summed E-state index contributed by atoms with van der Waals surface area (Å²) in [4.78, 5) is 31.5. The molecule has 9 heteroatoms. The summed E-state index contributed by atoms with van der Waals surface area (Å²) < 4.78 is 18.3. The second-order valence-electron chi connectivity index (χ2n) is 7.06. The number of aromatic nitrogens is 5. The van der Waals surface area contributed by atoms with E-state index in [0.29, 0.717) is 16.5 Å². The highest BCUT2D eigenvalue weighted by atomic mass is 35.5. The summed E-state index contributed by atoms with van der Waals surface area (Å²) in [7, 11) is 1.54. The number of H-pyrrole nitrogens is 1. The molecule has 5 aromatic rings. The summed E-state index contributed by atoms with van der Waals surface area (Å²) >= 11 is 6.26. The first kappa shape index (κ1) is 18.4. The number of imidazole rings is 2. The van der Waals surface area contributed by atoms with Gasteiger partial charge in [0.1, 0.15) is 5.82 Å². The monoisotopic (exact) mass is 423 g/mol. The minimum absolute atomic E-state index is 0.244. The van der Waals surface area contributed by atoms with Crippen LogP contribution in [0.15, 0.2) is 58.3 Å². The quantitative estimate of drug-likeness (QED) is 0.472. The van der Waals surface area contributed by atoms with Crippen molar-refractivity contribution in [3.63, 3.8) is 0 Å². The first-order valence-corrected chi connectivity index (χ1v) is 9.48. The second kappa shape index (κ2) is 6.43. The van der Waals surface area contributed by atoms with Gasteiger partial charge < -0.3 is 0 Å². The SMILES string of the molecule is Cc1ccc(Cl)cc1-n1c(-c2ccc(F)cc2)cn2c3c(=O)[nH]c(=O)n(C)c3nc12. The van der Waals surface area contributed by atoms with E-state index in [-0.39, 0.29) is 17.0 Å². The van der Waals surface area contributed by atoms with E-state index in [1.165, 1.54) is 16.7 Å². The molecule has 0 unspecified atom stereocenters. The Bertz CT molecular complexity index is 1570. The van der Waals surface area contributed by atoms with Gasteiger partial charge in [0, 0.05) is 23.8 Å². The fraction of sp³-hybridized carbons (Fsp3) is 0.0952. The van der Waals surface area contributed by atoms with Gasteiger partial charge in [0.25, 0.3) is 5.56 Å². The van der Waals surface area contributed by atoms with Crippen molar-refractivity contribution in [3.8, 4) is 16.9 Å². The Morgan fingerprint density at radius 3 is 2.57 bits per heavy atom. The van der Waals surface area contributed by atoms with Crippen LogP contribution in [0.4, 0.5) is 4.39 Å². The van der Waals surface area contributed by atoms with Crippen LogP contribution in [0.3, 0.4) is 0 Å². The minimum Gasteiger partial charge on any atom is -0.279 e. The van der Waals surface area contributed by atoms with Crippen LogP contribution in [0.1, 0.15) is 5.56 Å². The molecule has 1 N–H and O–H groups in total. The molecule has 0 atom stereocenters. The third-order valence-electron chi connectivity index (χ3n) is 5.18. The molecule has 0 fully saturated rings. The zero-order valence-corrected chi connectivity index (χ0v) is 16.7. The maximum absolute atomic E-state index is 13.5. The van der Waals surface area contributed by atoms with Crippen molar-refractivity contribution in [2.75, 3.05) is 0 Å². The van der Waals surface area contributed by atoms with Gasteiger partial charge in [-0.15, -0.1) is 0 Å². The molecular weight excluding hydrogens is 409 g/mol. The van der Waals surface area contributed by atoms with E-state index in [4.69, 9.17) is 11.6 Å². The molecule has 0 aliphatic carbocycles. The van der Waals surface area contributed by atoms with Crippen molar-refractivity contribution in [1.82, 2.24) is 23.5 Å². The molecule has 0 saturated heterocycles. The molecule has 0 aliphatic rings. The molecule has 150 valence electrons. The molecule has 30 heavy (non-hydrogen) atoms. The molecule has 0 aliphatic heterocycles. The van der Waals surface area contributed by atoms with Crippen molar-refractivity contribution in [3.05, 3.63) is 85.9 Å². The minimum atomic E-state index is -0.544. The van der Waals surface area contributed by atoms with Crippen LogP contribution in [-0.2, 0) is 7.05 Å². The maximum atomic E-state index is 13.5. The third-order valence-corrected chi connectivity index (χ3v) is 5.41. The third kappa shape index (κ3) is 2.61. The smallest absolute Gasteiger partial charge is 0.279 e. The van der Waals surface area contributed by atoms with Crippen LogP contribution in [0.25, 0.3) is 33.9 Å².